The number of hydrogen-bond acceptors (Lipinski definition) is 4. The normalized spacial score (nSPS) is 10.3. The van der Waals surface area contributed by atoms with Gasteiger partial charge in [-0.2, -0.15) is 0 Å². The van der Waals surface area contributed by atoms with Crippen molar-refractivity contribution >= 4 is 23.2 Å². The summed E-state index contributed by atoms with van der Waals surface area (Å²) in [4.78, 5) is 11.8. The second-order valence-corrected chi connectivity index (χ2v) is 4.26. The van der Waals surface area contributed by atoms with Crippen molar-refractivity contribution < 1.29 is 9.32 Å². The van der Waals surface area contributed by atoms with Gasteiger partial charge in [-0.15, -0.1) is 0 Å². The van der Waals surface area contributed by atoms with Gasteiger partial charge in [-0.1, -0.05) is 16.8 Å². The van der Waals surface area contributed by atoms with Gasteiger partial charge < -0.3 is 15.6 Å². The molecule has 1 heterocycles. The van der Waals surface area contributed by atoms with E-state index in [1.165, 1.54) is 6.07 Å². The van der Waals surface area contributed by atoms with E-state index in [4.69, 9.17) is 21.9 Å². The number of nitrogens with zero attached hydrogens (tertiary/aromatic N) is 1. The molecule has 0 spiro atoms. The number of anilines is 1. The number of carbonyl (C=O) groups is 1. The quantitative estimate of drug-likeness (QED) is 0.833. The lowest BCUT2D eigenvalue weighted by atomic mass is 10.2. The van der Waals surface area contributed by atoms with Crippen LogP contribution in [0.1, 0.15) is 21.8 Å². The molecule has 6 heteroatoms. The number of rotatable bonds is 3. The molecule has 0 fully saturated rings. The van der Waals surface area contributed by atoms with Crippen molar-refractivity contribution in [3.8, 4) is 0 Å². The lowest BCUT2D eigenvalue weighted by Gasteiger charge is -2.04. The van der Waals surface area contributed by atoms with Crippen LogP contribution in [0.15, 0.2) is 28.8 Å². The highest BCUT2D eigenvalue weighted by Gasteiger charge is 2.08. The Kier molecular flexibility index (Phi) is 3.53. The van der Waals surface area contributed by atoms with Crippen LogP contribution in [-0.2, 0) is 6.54 Å². The number of halogens is 1. The van der Waals surface area contributed by atoms with Crippen molar-refractivity contribution in [2.45, 2.75) is 13.5 Å². The molecule has 1 aromatic heterocycles. The number of hydrogen-bond donors (Lipinski definition) is 2. The maximum Gasteiger partial charge on any atom is 0.251 e. The number of benzene rings is 1. The van der Waals surface area contributed by atoms with Crippen molar-refractivity contribution in [2.24, 2.45) is 0 Å². The molecule has 1 amide bonds. The van der Waals surface area contributed by atoms with Gasteiger partial charge in [-0.05, 0) is 25.1 Å². The molecule has 0 atom stereocenters. The fraction of sp³-hybridized carbons (Fsp3) is 0.167. The SMILES string of the molecule is Cc1cc(CNC(=O)c2ccc(Cl)c(N)c2)on1. The fourth-order valence-electron chi connectivity index (χ4n) is 1.45. The summed E-state index contributed by atoms with van der Waals surface area (Å²) in [5.74, 6) is 0.357. The molecule has 94 valence electrons. The maximum absolute atomic E-state index is 11.8. The second kappa shape index (κ2) is 5.10. The van der Waals surface area contributed by atoms with Crippen LogP contribution in [0.3, 0.4) is 0 Å². The predicted molar refractivity (Wildman–Crippen MR) is 68.3 cm³/mol. The van der Waals surface area contributed by atoms with Crippen molar-refractivity contribution in [1.29, 1.82) is 0 Å². The third-order valence-electron chi connectivity index (χ3n) is 2.36. The van der Waals surface area contributed by atoms with Gasteiger partial charge in [0.1, 0.15) is 0 Å². The maximum atomic E-state index is 11.8. The lowest BCUT2D eigenvalue weighted by Crippen LogP contribution is -2.22. The molecular formula is C12H12ClN3O2. The minimum Gasteiger partial charge on any atom is -0.398 e. The van der Waals surface area contributed by atoms with E-state index in [1.54, 1.807) is 18.2 Å². The highest BCUT2D eigenvalue weighted by atomic mass is 35.5. The van der Waals surface area contributed by atoms with Gasteiger partial charge in [-0.3, -0.25) is 4.79 Å². The largest absolute Gasteiger partial charge is 0.398 e. The molecule has 5 nitrogen and oxygen atoms in total. The van der Waals surface area contributed by atoms with Gasteiger partial charge in [0.2, 0.25) is 0 Å². The highest BCUT2D eigenvalue weighted by molar-refractivity contribution is 6.33. The summed E-state index contributed by atoms with van der Waals surface area (Å²) in [5, 5.41) is 6.86. The molecule has 2 rings (SSSR count). The summed E-state index contributed by atoms with van der Waals surface area (Å²) in [5.41, 5.74) is 7.23. The first-order valence-corrected chi connectivity index (χ1v) is 5.69. The second-order valence-electron chi connectivity index (χ2n) is 3.85. The molecule has 2 aromatic rings. The molecule has 18 heavy (non-hydrogen) atoms. The summed E-state index contributed by atoms with van der Waals surface area (Å²) in [7, 11) is 0. The Morgan fingerprint density at radius 1 is 1.50 bits per heavy atom. The van der Waals surface area contributed by atoms with Crippen LogP contribution in [0, 0.1) is 6.92 Å². The molecule has 0 bridgehead atoms. The number of carbonyl (C=O) groups excluding carboxylic acids is 1. The number of nitrogen functional groups attached to an aromatic ring is 1. The van der Waals surface area contributed by atoms with E-state index < -0.39 is 0 Å². The van der Waals surface area contributed by atoms with E-state index >= 15 is 0 Å². The molecule has 0 aliphatic carbocycles. The van der Waals surface area contributed by atoms with Crippen LogP contribution in [0.5, 0.6) is 0 Å². The zero-order valence-corrected chi connectivity index (χ0v) is 10.5. The number of amides is 1. The van der Waals surface area contributed by atoms with Gasteiger partial charge >= 0.3 is 0 Å². The Balaban J connectivity index is 2.01. The third-order valence-corrected chi connectivity index (χ3v) is 2.70. The summed E-state index contributed by atoms with van der Waals surface area (Å²) in [6.07, 6.45) is 0. The van der Waals surface area contributed by atoms with Crippen molar-refractivity contribution in [1.82, 2.24) is 10.5 Å². The van der Waals surface area contributed by atoms with Crippen LogP contribution in [0.25, 0.3) is 0 Å². The standard InChI is InChI=1S/C12H12ClN3O2/c1-7-4-9(18-16-7)6-15-12(17)8-2-3-10(13)11(14)5-8/h2-5H,6,14H2,1H3,(H,15,17). The van der Waals surface area contributed by atoms with Crippen molar-refractivity contribution in [3.05, 3.63) is 46.3 Å². The summed E-state index contributed by atoms with van der Waals surface area (Å²) in [6, 6.07) is 6.49. The predicted octanol–water partition coefficient (Wildman–Crippen LogP) is 2.15. The van der Waals surface area contributed by atoms with E-state index in [1.807, 2.05) is 6.92 Å². The number of nitrogens with two attached hydrogens (primary N) is 1. The zero-order valence-electron chi connectivity index (χ0n) is 9.74. The topological polar surface area (TPSA) is 81.2 Å². The van der Waals surface area contributed by atoms with Gasteiger partial charge in [0, 0.05) is 11.6 Å². The molecule has 3 N–H and O–H groups in total. The van der Waals surface area contributed by atoms with E-state index in [-0.39, 0.29) is 12.5 Å². The molecule has 0 radical (unpaired) electrons. The molecule has 0 unspecified atom stereocenters. The first-order valence-electron chi connectivity index (χ1n) is 5.31. The van der Waals surface area contributed by atoms with Crippen molar-refractivity contribution in [2.75, 3.05) is 5.73 Å². The van der Waals surface area contributed by atoms with E-state index in [2.05, 4.69) is 10.5 Å². The van der Waals surface area contributed by atoms with Gasteiger partial charge in [0.15, 0.2) is 5.76 Å². The third kappa shape index (κ3) is 2.81. The Morgan fingerprint density at radius 3 is 2.89 bits per heavy atom. The summed E-state index contributed by atoms with van der Waals surface area (Å²) >= 11 is 5.78. The monoisotopic (exact) mass is 265 g/mol. The molecule has 0 aliphatic heterocycles. The average molecular weight is 266 g/mol. The van der Waals surface area contributed by atoms with E-state index in [0.29, 0.717) is 22.0 Å². The Labute approximate surface area is 109 Å². The minimum absolute atomic E-state index is 0.243. The Hall–Kier alpha value is -2.01. The summed E-state index contributed by atoms with van der Waals surface area (Å²) in [6.45, 7) is 2.09. The molecule has 0 saturated carbocycles. The van der Waals surface area contributed by atoms with Crippen molar-refractivity contribution in [3.63, 3.8) is 0 Å². The summed E-state index contributed by atoms with van der Waals surface area (Å²) < 4.78 is 4.98. The fourth-order valence-corrected chi connectivity index (χ4v) is 1.57. The highest BCUT2D eigenvalue weighted by Crippen LogP contribution is 2.19. The van der Waals surface area contributed by atoms with Gasteiger partial charge in [0.05, 0.1) is 22.9 Å². The van der Waals surface area contributed by atoms with Crippen LogP contribution in [0.4, 0.5) is 5.69 Å². The number of aryl methyl sites for hydroxylation is 1. The van der Waals surface area contributed by atoms with E-state index in [0.717, 1.165) is 5.69 Å². The molecular weight excluding hydrogens is 254 g/mol. The number of aromatic nitrogens is 1. The average Bonchev–Trinajstić information content (AvgIpc) is 2.75. The van der Waals surface area contributed by atoms with Crippen LogP contribution < -0.4 is 11.1 Å². The molecule has 0 aliphatic rings. The minimum atomic E-state index is -0.243. The molecule has 0 saturated heterocycles. The Morgan fingerprint density at radius 2 is 2.28 bits per heavy atom. The lowest BCUT2D eigenvalue weighted by molar-refractivity contribution is 0.0947. The van der Waals surface area contributed by atoms with Gasteiger partial charge in [0.25, 0.3) is 5.91 Å². The molecule has 1 aromatic carbocycles. The Bertz CT molecular complexity index is 580. The van der Waals surface area contributed by atoms with Crippen LogP contribution in [0.2, 0.25) is 5.02 Å². The zero-order chi connectivity index (χ0) is 13.1. The smallest absolute Gasteiger partial charge is 0.251 e. The first-order chi connectivity index (χ1) is 8.56. The van der Waals surface area contributed by atoms with Gasteiger partial charge in [-0.25, -0.2) is 0 Å². The first kappa shape index (κ1) is 12.4. The van der Waals surface area contributed by atoms with E-state index in [9.17, 15) is 4.79 Å². The van der Waals surface area contributed by atoms with Crippen LogP contribution >= 0.6 is 11.6 Å². The van der Waals surface area contributed by atoms with Crippen LogP contribution in [-0.4, -0.2) is 11.1 Å². The number of nitrogens with one attached hydrogen (secondary N) is 1.